The molecule has 2 aromatic rings. The third-order valence-corrected chi connectivity index (χ3v) is 4.48. The second-order valence-electron chi connectivity index (χ2n) is 6.31. The van der Waals surface area contributed by atoms with Crippen LogP contribution in [-0.4, -0.2) is 35.7 Å². The minimum absolute atomic E-state index is 0.101. The second-order valence-corrected chi connectivity index (χ2v) is 6.31. The van der Waals surface area contributed by atoms with Gasteiger partial charge in [0.25, 0.3) is 5.91 Å². The number of benzene rings is 1. The largest absolute Gasteiger partial charge is 0.383 e. The molecule has 0 saturated heterocycles. The molecule has 0 aliphatic carbocycles. The average molecular weight is 327 g/mol. The lowest BCUT2D eigenvalue weighted by molar-refractivity contribution is 0.0931. The van der Waals surface area contributed by atoms with Crippen LogP contribution in [0, 0.1) is 6.92 Å². The van der Waals surface area contributed by atoms with Gasteiger partial charge >= 0.3 is 0 Å². The Bertz CT molecular complexity index is 704. The van der Waals surface area contributed by atoms with Gasteiger partial charge in [0.05, 0.1) is 12.3 Å². The topological polar surface area (TPSA) is 56.1 Å². The molecule has 1 amide bonds. The van der Waals surface area contributed by atoms with Crippen molar-refractivity contribution in [2.75, 3.05) is 20.3 Å². The van der Waals surface area contributed by atoms with Crippen molar-refractivity contribution in [2.45, 2.75) is 39.2 Å². The second kappa shape index (κ2) is 7.62. The summed E-state index contributed by atoms with van der Waals surface area (Å²) >= 11 is 0. The van der Waals surface area contributed by atoms with Crippen molar-refractivity contribution in [3.63, 3.8) is 0 Å². The van der Waals surface area contributed by atoms with Crippen LogP contribution in [0.2, 0.25) is 0 Å². The Morgan fingerprint density at radius 3 is 2.79 bits per heavy atom. The number of imidazole rings is 1. The molecule has 0 spiro atoms. The first-order chi connectivity index (χ1) is 11.7. The molecular weight excluding hydrogens is 302 g/mol. The van der Waals surface area contributed by atoms with E-state index in [9.17, 15) is 4.79 Å². The summed E-state index contributed by atoms with van der Waals surface area (Å²) in [6.45, 7) is 4.01. The number of nitrogens with one attached hydrogen (secondary N) is 1. The van der Waals surface area contributed by atoms with Gasteiger partial charge in [-0.15, -0.1) is 0 Å². The summed E-state index contributed by atoms with van der Waals surface area (Å²) in [4.78, 5) is 17.3. The molecule has 5 nitrogen and oxygen atoms in total. The van der Waals surface area contributed by atoms with Crippen molar-refractivity contribution in [3.8, 4) is 11.4 Å². The number of nitrogens with zero attached hydrogens (tertiary/aromatic N) is 2. The minimum atomic E-state index is -0.101. The molecule has 1 aromatic carbocycles. The van der Waals surface area contributed by atoms with Crippen LogP contribution < -0.4 is 5.32 Å². The van der Waals surface area contributed by atoms with Gasteiger partial charge in [0.1, 0.15) is 11.5 Å². The number of carbonyl (C=O) groups excluding carboxylic acids is 1. The molecule has 3 rings (SSSR count). The van der Waals surface area contributed by atoms with Crippen LogP contribution in [0.15, 0.2) is 24.3 Å². The van der Waals surface area contributed by atoms with Crippen molar-refractivity contribution >= 4 is 5.91 Å². The van der Waals surface area contributed by atoms with Crippen LogP contribution >= 0.6 is 0 Å². The fraction of sp³-hybridized carbons (Fsp3) is 0.474. The first kappa shape index (κ1) is 16.7. The molecule has 0 saturated carbocycles. The van der Waals surface area contributed by atoms with E-state index in [1.165, 1.54) is 12.0 Å². The lowest BCUT2D eigenvalue weighted by Gasteiger charge is -2.09. The molecule has 1 aliphatic rings. The summed E-state index contributed by atoms with van der Waals surface area (Å²) in [5, 5.41) is 2.90. The molecule has 0 radical (unpaired) electrons. The predicted octanol–water partition coefficient (Wildman–Crippen LogP) is 2.96. The molecule has 5 heteroatoms. The van der Waals surface area contributed by atoms with Gasteiger partial charge in [0, 0.05) is 25.8 Å². The number of rotatable bonds is 5. The molecule has 128 valence electrons. The molecule has 0 unspecified atom stereocenters. The van der Waals surface area contributed by atoms with Gasteiger partial charge in [0.15, 0.2) is 0 Å². The highest BCUT2D eigenvalue weighted by atomic mass is 16.5. The maximum absolute atomic E-state index is 12.6. The third-order valence-electron chi connectivity index (χ3n) is 4.48. The predicted molar refractivity (Wildman–Crippen MR) is 94.2 cm³/mol. The number of fused-ring (bicyclic) bond motifs is 1. The first-order valence-corrected chi connectivity index (χ1v) is 8.64. The van der Waals surface area contributed by atoms with Crippen LogP contribution in [0.4, 0.5) is 0 Å². The lowest BCUT2D eigenvalue weighted by atomic mass is 10.1. The van der Waals surface area contributed by atoms with Gasteiger partial charge < -0.3 is 14.6 Å². The van der Waals surface area contributed by atoms with Gasteiger partial charge in [-0.25, -0.2) is 4.98 Å². The number of ether oxygens (including phenoxy) is 1. The third kappa shape index (κ3) is 3.51. The molecule has 1 N–H and O–H groups in total. The summed E-state index contributed by atoms with van der Waals surface area (Å²) in [5.41, 5.74) is 3.93. The van der Waals surface area contributed by atoms with E-state index in [0.717, 1.165) is 42.9 Å². The van der Waals surface area contributed by atoms with Gasteiger partial charge in [-0.2, -0.15) is 0 Å². The summed E-state index contributed by atoms with van der Waals surface area (Å²) < 4.78 is 7.25. The quantitative estimate of drug-likeness (QED) is 0.859. The van der Waals surface area contributed by atoms with E-state index in [1.54, 1.807) is 7.11 Å². The average Bonchev–Trinajstić information content (AvgIpc) is 2.77. The Kier molecular flexibility index (Phi) is 5.30. The van der Waals surface area contributed by atoms with Gasteiger partial charge in [-0.3, -0.25) is 4.79 Å². The number of aryl methyl sites for hydroxylation is 1. The van der Waals surface area contributed by atoms with Crippen molar-refractivity contribution < 1.29 is 9.53 Å². The fourth-order valence-electron chi connectivity index (χ4n) is 3.18. The highest BCUT2D eigenvalue weighted by Crippen LogP contribution is 2.27. The molecular formula is C19H25N3O2. The van der Waals surface area contributed by atoms with Crippen LogP contribution in [0.25, 0.3) is 11.4 Å². The Labute approximate surface area is 143 Å². The summed E-state index contributed by atoms with van der Waals surface area (Å²) in [6.07, 6.45) is 4.34. The minimum Gasteiger partial charge on any atom is -0.383 e. The zero-order valence-electron chi connectivity index (χ0n) is 14.5. The van der Waals surface area contributed by atoms with E-state index < -0.39 is 0 Å². The number of amides is 1. The summed E-state index contributed by atoms with van der Waals surface area (Å²) in [7, 11) is 1.63. The van der Waals surface area contributed by atoms with Crippen LogP contribution in [0.1, 0.15) is 41.0 Å². The standard InChI is InChI=1S/C19H25N3O2/c1-14-7-9-15(10-8-14)18-21-17(19(23)20-11-13-24-2)16-6-4-3-5-12-22(16)18/h7-10H,3-6,11-13H2,1-2H3,(H,20,23). The monoisotopic (exact) mass is 327 g/mol. The van der Waals surface area contributed by atoms with Crippen molar-refractivity contribution in [2.24, 2.45) is 0 Å². The van der Waals surface area contributed by atoms with E-state index in [-0.39, 0.29) is 5.91 Å². The molecule has 1 aromatic heterocycles. The Balaban J connectivity index is 1.97. The maximum Gasteiger partial charge on any atom is 0.271 e. The number of methoxy groups -OCH3 is 1. The SMILES string of the molecule is COCCNC(=O)c1nc(-c2ccc(C)cc2)n2c1CCCCC2. The number of carbonyl (C=O) groups is 1. The summed E-state index contributed by atoms with van der Waals surface area (Å²) in [6, 6.07) is 8.35. The smallest absolute Gasteiger partial charge is 0.271 e. The Morgan fingerprint density at radius 2 is 2.04 bits per heavy atom. The summed E-state index contributed by atoms with van der Waals surface area (Å²) in [5.74, 6) is 0.805. The normalized spacial score (nSPS) is 14.1. The molecule has 1 aliphatic heterocycles. The number of aromatic nitrogens is 2. The Morgan fingerprint density at radius 1 is 1.25 bits per heavy atom. The van der Waals surface area contributed by atoms with E-state index in [4.69, 9.17) is 9.72 Å². The highest BCUT2D eigenvalue weighted by molar-refractivity contribution is 5.94. The van der Waals surface area contributed by atoms with Gasteiger partial charge in [0.2, 0.25) is 0 Å². The molecule has 0 bridgehead atoms. The lowest BCUT2D eigenvalue weighted by Crippen LogP contribution is -2.28. The van der Waals surface area contributed by atoms with Gasteiger partial charge in [-0.05, 0) is 26.2 Å². The van der Waals surface area contributed by atoms with E-state index in [2.05, 4.69) is 41.1 Å². The fourth-order valence-corrected chi connectivity index (χ4v) is 3.18. The molecule has 0 atom stereocenters. The first-order valence-electron chi connectivity index (χ1n) is 8.64. The zero-order valence-corrected chi connectivity index (χ0v) is 14.5. The molecule has 0 fully saturated rings. The van der Waals surface area contributed by atoms with Crippen LogP contribution in [0.3, 0.4) is 0 Å². The highest BCUT2D eigenvalue weighted by Gasteiger charge is 2.23. The maximum atomic E-state index is 12.6. The Hall–Kier alpha value is -2.14. The van der Waals surface area contributed by atoms with Crippen LogP contribution in [-0.2, 0) is 17.7 Å². The van der Waals surface area contributed by atoms with E-state index in [0.29, 0.717) is 18.8 Å². The van der Waals surface area contributed by atoms with Gasteiger partial charge in [-0.1, -0.05) is 36.2 Å². The van der Waals surface area contributed by atoms with Crippen LogP contribution in [0.5, 0.6) is 0 Å². The number of hydrogen-bond donors (Lipinski definition) is 1. The van der Waals surface area contributed by atoms with Crippen molar-refractivity contribution in [1.82, 2.24) is 14.9 Å². The molecule has 2 heterocycles. The van der Waals surface area contributed by atoms with E-state index in [1.807, 2.05) is 0 Å². The van der Waals surface area contributed by atoms with E-state index >= 15 is 0 Å². The van der Waals surface area contributed by atoms with Crippen molar-refractivity contribution in [1.29, 1.82) is 0 Å². The van der Waals surface area contributed by atoms with Crippen molar-refractivity contribution in [3.05, 3.63) is 41.2 Å². The zero-order chi connectivity index (χ0) is 16.9. The number of hydrogen-bond acceptors (Lipinski definition) is 3. The molecule has 24 heavy (non-hydrogen) atoms.